The van der Waals surface area contributed by atoms with Gasteiger partial charge in [-0.15, -0.1) is 0 Å². The highest BCUT2D eigenvalue weighted by atomic mass is 16.5. The molecule has 168 valence electrons. The Kier molecular flexibility index (Phi) is 5.48. The summed E-state index contributed by atoms with van der Waals surface area (Å²) in [6.45, 7) is 3.78. The molecule has 0 saturated carbocycles. The van der Waals surface area contributed by atoms with Gasteiger partial charge in [0, 0.05) is 48.2 Å². The van der Waals surface area contributed by atoms with Crippen molar-refractivity contribution in [2.24, 2.45) is 0 Å². The minimum Gasteiger partial charge on any atom is -0.497 e. The molecule has 0 aliphatic carbocycles. The lowest BCUT2D eigenvalue weighted by atomic mass is 10.00. The van der Waals surface area contributed by atoms with Crippen LogP contribution in [-0.2, 0) is 13.1 Å². The fourth-order valence-corrected chi connectivity index (χ4v) is 4.23. The minimum atomic E-state index is -0.154. The Morgan fingerprint density at radius 2 is 2.03 bits per heavy atom. The van der Waals surface area contributed by atoms with Crippen LogP contribution in [0.2, 0.25) is 0 Å². The maximum atomic E-state index is 13.2. The number of hydrogen-bond acceptors (Lipinski definition) is 7. The molecular formula is C26H24N2O5. The number of ketones is 1. The van der Waals surface area contributed by atoms with Gasteiger partial charge in [0.15, 0.2) is 5.76 Å². The van der Waals surface area contributed by atoms with E-state index in [1.807, 2.05) is 43.5 Å². The van der Waals surface area contributed by atoms with Crippen LogP contribution < -0.4 is 18.9 Å². The summed E-state index contributed by atoms with van der Waals surface area (Å²) in [6.07, 6.45) is 5.32. The van der Waals surface area contributed by atoms with E-state index in [0.29, 0.717) is 36.1 Å². The molecule has 0 fully saturated rings. The van der Waals surface area contributed by atoms with E-state index in [2.05, 4.69) is 9.88 Å². The summed E-state index contributed by atoms with van der Waals surface area (Å²) in [7, 11) is 3.17. The Balaban J connectivity index is 1.43. The molecule has 0 amide bonds. The van der Waals surface area contributed by atoms with Gasteiger partial charge in [0.2, 0.25) is 5.78 Å². The van der Waals surface area contributed by atoms with Crippen molar-refractivity contribution in [2.45, 2.75) is 20.0 Å². The van der Waals surface area contributed by atoms with Crippen LogP contribution in [0, 0.1) is 6.92 Å². The number of hydrogen-bond donors (Lipinski definition) is 0. The summed E-state index contributed by atoms with van der Waals surface area (Å²) in [5, 5.41) is 0. The van der Waals surface area contributed by atoms with Crippen molar-refractivity contribution in [3.8, 4) is 23.0 Å². The third kappa shape index (κ3) is 3.91. The van der Waals surface area contributed by atoms with Gasteiger partial charge in [0.05, 0.1) is 19.8 Å². The molecule has 0 N–H and O–H groups in total. The molecule has 7 nitrogen and oxygen atoms in total. The van der Waals surface area contributed by atoms with E-state index < -0.39 is 0 Å². The van der Waals surface area contributed by atoms with Gasteiger partial charge in [-0.2, -0.15) is 0 Å². The molecule has 7 heteroatoms. The molecular weight excluding hydrogens is 420 g/mol. The number of ether oxygens (including phenoxy) is 4. The highest BCUT2D eigenvalue weighted by Crippen LogP contribution is 2.43. The number of allylic oxidation sites excluding steroid dienone is 1. The highest BCUT2D eigenvalue weighted by Gasteiger charge is 2.33. The predicted octanol–water partition coefficient (Wildman–Crippen LogP) is 4.38. The third-order valence-corrected chi connectivity index (χ3v) is 5.86. The average Bonchev–Trinajstić information content (AvgIpc) is 3.15. The fraction of sp³-hybridized carbons (Fsp3) is 0.231. The summed E-state index contributed by atoms with van der Waals surface area (Å²) in [5.41, 5.74) is 4.21. The normalized spacial score (nSPS) is 16.1. The van der Waals surface area contributed by atoms with Crippen molar-refractivity contribution >= 4 is 11.9 Å². The molecule has 2 aromatic carbocycles. The first-order chi connectivity index (χ1) is 16.1. The quantitative estimate of drug-likeness (QED) is 0.541. The van der Waals surface area contributed by atoms with Gasteiger partial charge in [-0.25, -0.2) is 0 Å². The second kappa shape index (κ2) is 8.60. The van der Waals surface area contributed by atoms with Gasteiger partial charge in [-0.1, -0.05) is 6.07 Å². The summed E-state index contributed by atoms with van der Waals surface area (Å²) in [6, 6.07) is 11.3. The summed E-state index contributed by atoms with van der Waals surface area (Å²) in [5.74, 6) is 2.71. The fourth-order valence-electron chi connectivity index (χ4n) is 4.23. The van der Waals surface area contributed by atoms with Crippen LogP contribution in [-0.4, -0.2) is 36.6 Å². The Labute approximate surface area is 192 Å². The zero-order valence-corrected chi connectivity index (χ0v) is 18.8. The van der Waals surface area contributed by atoms with E-state index in [1.165, 1.54) is 0 Å². The second-order valence-corrected chi connectivity index (χ2v) is 8.04. The first kappa shape index (κ1) is 21.0. The van der Waals surface area contributed by atoms with E-state index >= 15 is 0 Å². The lowest BCUT2D eigenvalue weighted by molar-refractivity contribution is 0.0876. The van der Waals surface area contributed by atoms with Crippen molar-refractivity contribution in [1.82, 2.24) is 9.88 Å². The second-order valence-electron chi connectivity index (χ2n) is 8.04. The van der Waals surface area contributed by atoms with Crippen LogP contribution in [0.3, 0.4) is 0 Å². The van der Waals surface area contributed by atoms with Crippen LogP contribution in [0.1, 0.15) is 32.6 Å². The van der Waals surface area contributed by atoms with Crippen LogP contribution in [0.25, 0.3) is 6.08 Å². The van der Waals surface area contributed by atoms with Crippen molar-refractivity contribution in [3.05, 3.63) is 82.4 Å². The minimum absolute atomic E-state index is 0.154. The highest BCUT2D eigenvalue weighted by molar-refractivity contribution is 6.15. The van der Waals surface area contributed by atoms with Gasteiger partial charge in [-0.3, -0.25) is 14.7 Å². The molecule has 2 aliphatic heterocycles. The number of Topliss-reactive ketones (excluding diaryl/α,β-unsaturated/α-hetero) is 1. The van der Waals surface area contributed by atoms with Crippen LogP contribution in [0.5, 0.6) is 23.0 Å². The first-order valence-electron chi connectivity index (χ1n) is 10.6. The summed E-state index contributed by atoms with van der Waals surface area (Å²) < 4.78 is 22.8. The number of fused-ring (bicyclic) bond motifs is 2. The summed E-state index contributed by atoms with van der Waals surface area (Å²) >= 11 is 0. The zero-order chi connectivity index (χ0) is 22.9. The Morgan fingerprint density at radius 1 is 1.15 bits per heavy atom. The lowest BCUT2D eigenvalue weighted by Crippen LogP contribution is -2.32. The van der Waals surface area contributed by atoms with E-state index in [-0.39, 0.29) is 11.5 Å². The van der Waals surface area contributed by atoms with Gasteiger partial charge >= 0.3 is 0 Å². The van der Waals surface area contributed by atoms with Crippen molar-refractivity contribution < 1.29 is 23.7 Å². The molecule has 3 aromatic rings. The van der Waals surface area contributed by atoms with Crippen molar-refractivity contribution in [1.29, 1.82) is 0 Å². The van der Waals surface area contributed by atoms with Crippen molar-refractivity contribution in [2.75, 3.05) is 21.0 Å². The van der Waals surface area contributed by atoms with Gasteiger partial charge in [0.25, 0.3) is 0 Å². The van der Waals surface area contributed by atoms with Gasteiger partial charge in [-0.05, 0) is 42.8 Å². The molecule has 5 rings (SSSR count). The number of methoxy groups -OCH3 is 2. The molecule has 0 radical (unpaired) electrons. The standard InChI is InChI=1S/C26H24N2O5/c1-16-25-19(14-28(15-32-25)13-17-5-4-8-27-12-17)9-21-24(29)23(33-26(16)21)10-18-6-7-20(30-2)11-22(18)31-3/h4-12H,13-15H2,1-3H3/b23-10-. The maximum Gasteiger partial charge on any atom is 0.231 e. The molecule has 3 heterocycles. The van der Waals surface area contributed by atoms with E-state index in [0.717, 1.165) is 34.5 Å². The molecule has 0 spiro atoms. The van der Waals surface area contributed by atoms with Crippen molar-refractivity contribution in [3.63, 3.8) is 0 Å². The maximum absolute atomic E-state index is 13.2. The zero-order valence-electron chi connectivity index (χ0n) is 18.8. The molecule has 0 atom stereocenters. The van der Waals surface area contributed by atoms with E-state index in [9.17, 15) is 4.79 Å². The number of benzene rings is 2. The third-order valence-electron chi connectivity index (χ3n) is 5.86. The Bertz CT molecular complexity index is 1250. The Morgan fingerprint density at radius 3 is 2.79 bits per heavy atom. The van der Waals surface area contributed by atoms with E-state index in [4.69, 9.17) is 18.9 Å². The number of rotatable bonds is 5. The molecule has 2 aliphatic rings. The predicted molar refractivity (Wildman–Crippen MR) is 123 cm³/mol. The smallest absolute Gasteiger partial charge is 0.231 e. The Hall–Kier alpha value is -3.84. The molecule has 0 bridgehead atoms. The van der Waals surface area contributed by atoms with Gasteiger partial charge < -0.3 is 18.9 Å². The molecule has 0 saturated heterocycles. The average molecular weight is 444 g/mol. The van der Waals surface area contributed by atoms with Gasteiger partial charge in [0.1, 0.15) is 29.7 Å². The van der Waals surface area contributed by atoms with Crippen LogP contribution in [0.15, 0.2) is 54.6 Å². The molecule has 1 aromatic heterocycles. The largest absolute Gasteiger partial charge is 0.497 e. The number of carbonyl (C=O) groups is 1. The summed E-state index contributed by atoms with van der Waals surface area (Å²) in [4.78, 5) is 19.6. The SMILES string of the molecule is COc1ccc(/C=C2\Oc3c(cc4c(c3C)OCN(Cc3cccnc3)C4)C2=O)c(OC)c1. The number of nitrogens with zero attached hydrogens (tertiary/aromatic N) is 2. The topological polar surface area (TPSA) is 70.1 Å². The van der Waals surface area contributed by atoms with E-state index in [1.54, 1.807) is 32.6 Å². The monoisotopic (exact) mass is 444 g/mol. The number of carbonyl (C=O) groups excluding carboxylic acids is 1. The van der Waals surface area contributed by atoms with Crippen LogP contribution in [0.4, 0.5) is 0 Å². The lowest BCUT2D eigenvalue weighted by Gasteiger charge is -2.30. The molecule has 33 heavy (non-hydrogen) atoms. The number of pyridine rings is 1. The first-order valence-corrected chi connectivity index (χ1v) is 10.6. The van der Waals surface area contributed by atoms with Crippen LogP contribution >= 0.6 is 0 Å². The number of aromatic nitrogens is 1. The molecule has 0 unspecified atom stereocenters.